The first-order valence-electron chi connectivity index (χ1n) is 5.56. The van der Waals surface area contributed by atoms with Crippen molar-refractivity contribution in [3.63, 3.8) is 0 Å². The fourth-order valence-corrected chi connectivity index (χ4v) is 1.59. The van der Waals surface area contributed by atoms with Crippen LogP contribution in [0.25, 0.3) is 0 Å². The second-order valence-corrected chi connectivity index (χ2v) is 3.52. The highest BCUT2D eigenvalue weighted by atomic mass is 16.7. The Bertz CT molecular complexity index is 509. The van der Waals surface area contributed by atoms with Gasteiger partial charge in [0.25, 0.3) is 5.78 Å². The molecule has 0 aliphatic heterocycles. The largest absolute Gasteiger partial charge is 0.305 e. The maximum absolute atomic E-state index is 12.2. The number of hydrogen-bond donors (Lipinski definition) is 0. The van der Waals surface area contributed by atoms with Gasteiger partial charge in [-0.15, -0.1) is 0 Å². The SMILES string of the molecule is CCO[n+]1ccccc1C(=O)c1ccccc1. The molecule has 17 heavy (non-hydrogen) atoms. The second kappa shape index (κ2) is 5.25. The molecule has 86 valence electrons. The number of pyridine rings is 1. The summed E-state index contributed by atoms with van der Waals surface area (Å²) in [6.07, 6.45) is 1.74. The van der Waals surface area contributed by atoms with Gasteiger partial charge in [0.1, 0.15) is 0 Å². The molecule has 0 saturated carbocycles. The lowest BCUT2D eigenvalue weighted by molar-refractivity contribution is -0.891. The summed E-state index contributed by atoms with van der Waals surface area (Å²) in [5.41, 5.74) is 1.19. The van der Waals surface area contributed by atoms with Gasteiger partial charge < -0.3 is 0 Å². The quantitative estimate of drug-likeness (QED) is 0.588. The van der Waals surface area contributed by atoms with Gasteiger partial charge >= 0.3 is 5.69 Å². The van der Waals surface area contributed by atoms with Gasteiger partial charge in [-0.3, -0.25) is 9.63 Å². The Balaban J connectivity index is 2.37. The van der Waals surface area contributed by atoms with Crippen LogP contribution in [0, 0.1) is 0 Å². The molecule has 0 saturated heterocycles. The van der Waals surface area contributed by atoms with Gasteiger partial charge in [0.15, 0.2) is 6.61 Å². The molecule has 1 heterocycles. The first-order chi connectivity index (χ1) is 8.33. The zero-order chi connectivity index (χ0) is 12.1. The predicted octanol–water partition coefficient (Wildman–Crippen LogP) is 1.65. The van der Waals surface area contributed by atoms with Crippen LogP contribution in [-0.4, -0.2) is 12.4 Å². The molecule has 0 radical (unpaired) electrons. The number of hydrogen-bond acceptors (Lipinski definition) is 2. The minimum atomic E-state index is -0.0420. The van der Waals surface area contributed by atoms with E-state index in [4.69, 9.17) is 4.84 Å². The number of rotatable bonds is 4. The molecule has 0 unspecified atom stereocenters. The average Bonchev–Trinajstić information content (AvgIpc) is 2.40. The fraction of sp³-hybridized carbons (Fsp3) is 0.143. The van der Waals surface area contributed by atoms with E-state index in [9.17, 15) is 4.79 Å². The molecule has 2 aromatic rings. The van der Waals surface area contributed by atoms with Gasteiger partial charge in [-0.2, -0.15) is 0 Å². The number of ketones is 1. The highest BCUT2D eigenvalue weighted by Crippen LogP contribution is 2.05. The molecule has 0 spiro atoms. The van der Waals surface area contributed by atoms with Crippen molar-refractivity contribution in [2.45, 2.75) is 6.92 Å². The van der Waals surface area contributed by atoms with Crippen LogP contribution in [0.15, 0.2) is 54.7 Å². The summed E-state index contributed by atoms with van der Waals surface area (Å²) in [5.74, 6) is -0.0420. The zero-order valence-corrected chi connectivity index (χ0v) is 9.67. The van der Waals surface area contributed by atoms with E-state index in [0.29, 0.717) is 17.9 Å². The molecule has 0 bridgehead atoms. The Morgan fingerprint density at radius 2 is 1.82 bits per heavy atom. The molecule has 1 aromatic carbocycles. The zero-order valence-electron chi connectivity index (χ0n) is 9.67. The van der Waals surface area contributed by atoms with Crippen molar-refractivity contribution in [2.75, 3.05) is 6.61 Å². The van der Waals surface area contributed by atoms with Gasteiger partial charge in [0.05, 0.1) is 0 Å². The Kier molecular flexibility index (Phi) is 3.50. The van der Waals surface area contributed by atoms with Gasteiger partial charge in [0.2, 0.25) is 6.20 Å². The lowest BCUT2D eigenvalue weighted by Gasteiger charge is -2.00. The summed E-state index contributed by atoms with van der Waals surface area (Å²) in [4.78, 5) is 17.6. The van der Waals surface area contributed by atoms with Crippen LogP contribution in [-0.2, 0) is 0 Å². The monoisotopic (exact) mass is 228 g/mol. The molecule has 3 heteroatoms. The number of aromatic nitrogens is 1. The van der Waals surface area contributed by atoms with Crippen LogP contribution in [0.4, 0.5) is 0 Å². The number of nitrogens with zero attached hydrogens (tertiary/aromatic N) is 1. The summed E-state index contributed by atoms with van der Waals surface area (Å²) >= 11 is 0. The minimum Gasteiger partial charge on any atom is -0.282 e. The highest BCUT2D eigenvalue weighted by Gasteiger charge is 2.21. The maximum atomic E-state index is 12.2. The van der Waals surface area contributed by atoms with E-state index in [0.717, 1.165) is 0 Å². The molecule has 0 fully saturated rings. The summed E-state index contributed by atoms with van der Waals surface area (Å²) in [7, 11) is 0. The van der Waals surface area contributed by atoms with Gasteiger partial charge in [-0.05, 0) is 13.0 Å². The van der Waals surface area contributed by atoms with Crippen molar-refractivity contribution in [1.29, 1.82) is 0 Å². The first kappa shape index (κ1) is 11.3. The first-order valence-corrected chi connectivity index (χ1v) is 5.56. The lowest BCUT2D eigenvalue weighted by Crippen LogP contribution is -2.47. The smallest absolute Gasteiger partial charge is 0.282 e. The summed E-state index contributed by atoms with van der Waals surface area (Å²) in [6, 6.07) is 14.6. The van der Waals surface area contributed by atoms with E-state index in [1.165, 1.54) is 4.73 Å². The lowest BCUT2D eigenvalue weighted by atomic mass is 10.1. The van der Waals surface area contributed by atoms with Crippen molar-refractivity contribution < 1.29 is 14.4 Å². The van der Waals surface area contributed by atoms with E-state index in [2.05, 4.69) is 0 Å². The van der Waals surface area contributed by atoms with Crippen molar-refractivity contribution in [3.8, 4) is 0 Å². The van der Waals surface area contributed by atoms with Gasteiger partial charge in [-0.25, -0.2) is 0 Å². The molecule has 2 rings (SSSR count). The molecule has 0 aliphatic rings. The van der Waals surface area contributed by atoms with E-state index >= 15 is 0 Å². The van der Waals surface area contributed by atoms with E-state index in [1.807, 2.05) is 37.3 Å². The second-order valence-electron chi connectivity index (χ2n) is 3.52. The fourth-order valence-electron chi connectivity index (χ4n) is 1.59. The van der Waals surface area contributed by atoms with Gasteiger partial charge in [-0.1, -0.05) is 30.3 Å². The van der Waals surface area contributed by atoms with Crippen LogP contribution in [0.2, 0.25) is 0 Å². The molecule has 0 aliphatic carbocycles. The Hall–Kier alpha value is -2.16. The average molecular weight is 228 g/mol. The number of carbonyl (C=O) groups is 1. The molecule has 0 amide bonds. The van der Waals surface area contributed by atoms with Crippen molar-refractivity contribution in [3.05, 3.63) is 66.0 Å². The summed E-state index contributed by atoms with van der Waals surface area (Å²) in [6.45, 7) is 2.40. The maximum Gasteiger partial charge on any atom is 0.305 e. The van der Waals surface area contributed by atoms with Crippen LogP contribution >= 0.6 is 0 Å². The number of carbonyl (C=O) groups excluding carboxylic acids is 1. The van der Waals surface area contributed by atoms with Crippen molar-refractivity contribution >= 4 is 5.78 Å². The molecule has 3 nitrogen and oxygen atoms in total. The van der Waals surface area contributed by atoms with E-state index in [1.54, 1.807) is 24.4 Å². The Morgan fingerprint density at radius 1 is 1.12 bits per heavy atom. The molecule has 0 atom stereocenters. The van der Waals surface area contributed by atoms with Crippen LogP contribution in [0.1, 0.15) is 23.0 Å². The van der Waals surface area contributed by atoms with Crippen molar-refractivity contribution in [2.24, 2.45) is 0 Å². The molecular formula is C14H14NO2+. The third kappa shape index (κ3) is 2.50. The Morgan fingerprint density at radius 3 is 2.53 bits per heavy atom. The predicted molar refractivity (Wildman–Crippen MR) is 63.6 cm³/mol. The highest BCUT2D eigenvalue weighted by molar-refractivity contribution is 6.06. The summed E-state index contributed by atoms with van der Waals surface area (Å²) < 4.78 is 1.51. The van der Waals surface area contributed by atoms with Crippen LogP contribution in [0.3, 0.4) is 0 Å². The van der Waals surface area contributed by atoms with E-state index in [-0.39, 0.29) is 5.78 Å². The number of benzene rings is 1. The molecular weight excluding hydrogens is 214 g/mol. The topological polar surface area (TPSA) is 30.2 Å². The third-order valence-electron chi connectivity index (χ3n) is 2.36. The van der Waals surface area contributed by atoms with Crippen LogP contribution < -0.4 is 9.57 Å². The Labute approximate surface area is 100 Å². The van der Waals surface area contributed by atoms with Crippen LogP contribution in [0.5, 0.6) is 0 Å². The molecule has 0 N–H and O–H groups in total. The molecule has 1 aromatic heterocycles. The normalized spacial score (nSPS) is 9.94. The van der Waals surface area contributed by atoms with E-state index < -0.39 is 0 Å². The van der Waals surface area contributed by atoms with Gasteiger partial charge in [0, 0.05) is 22.4 Å². The third-order valence-corrected chi connectivity index (χ3v) is 2.36. The standard InChI is InChI=1S/C14H14NO2/c1-2-17-15-11-7-6-10-13(15)14(16)12-8-4-3-5-9-12/h3-11H,2H2,1H3/q+1. The summed E-state index contributed by atoms with van der Waals surface area (Å²) in [5, 5.41) is 0. The van der Waals surface area contributed by atoms with Crippen molar-refractivity contribution in [1.82, 2.24) is 0 Å². The minimum absolute atomic E-state index is 0.0420.